The highest BCUT2D eigenvalue weighted by atomic mass is 16.5. The van der Waals surface area contributed by atoms with Gasteiger partial charge in [-0.15, -0.1) is 0 Å². The van der Waals surface area contributed by atoms with Gasteiger partial charge in [0.25, 0.3) is 0 Å². The van der Waals surface area contributed by atoms with Crippen LogP contribution in [0.2, 0.25) is 0 Å². The number of nitrogens with zero attached hydrogens (tertiary/aromatic N) is 1. The van der Waals surface area contributed by atoms with Crippen molar-refractivity contribution in [1.82, 2.24) is 4.57 Å². The Labute approximate surface area is 116 Å². The number of carbonyl (C=O) groups is 2. The summed E-state index contributed by atoms with van der Waals surface area (Å²) in [7, 11) is 1.35. The first-order valence-corrected chi connectivity index (χ1v) is 6.64. The van der Waals surface area contributed by atoms with Crippen LogP contribution in [0.4, 0.5) is 5.69 Å². The summed E-state index contributed by atoms with van der Waals surface area (Å²) in [6.45, 7) is 2.55. The third-order valence-electron chi connectivity index (χ3n) is 3.74. The zero-order chi connectivity index (χ0) is 14.3. The van der Waals surface area contributed by atoms with E-state index < -0.39 is 5.97 Å². The van der Waals surface area contributed by atoms with E-state index in [0.717, 1.165) is 28.6 Å². The molecule has 20 heavy (non-hydrogen) atoms. The van der Waals surface area contributed by atoms with Crippen LogP contribution in [0, 0.1) is 0 Å². The van der Waals surface area contributed by atoms with Crippen molar-refractivity contribution in [2.45, 2.75) is 19.9 Å². The highest BCUT2D eigenvalue weighted by Crippen LogP contribution is 2.32. The molecular weight excluding hydrogens is 256 g/mol. The van der Waals surface area contributed by atoms with Crippen molar-refractivity contribution in [3.05, 3.63) is 29.5 Å². The standard InChI is InChI=1S/C15H16N2O3/c1-3-9-4-5-12-14-11(9)6-13(15(19)20-2)17(14)8-10(18)7-16-12/h4-6,16H,3,7-8H2,1-2H3. The third kappa shape index (κ3) is 1.78. The predicted molar refractivity (Wildman–Crippen MR) is 76.2 cm³/mol. The molecule has 3 rings (SSSR count). The van der Waals surface area contributed by atoms with Crippen LogP contribution in [0.3, 0.4) is 0 Å². The number of anilines is 1. The van der Waals surface area contributed by atoms with E-state index in [2.05, 4.69) is 12.2 Å². The minimum absolute atomic E-state index is 0.0434. The maximum absolute atomic E-state index is 11.9. The molecule has 0 saturated heterocycles. The Kier molecular flexibility index (Phi) is 2.97. The van der Waals surface area contributed by atoms with Crippen molar-refractivity contribution in [3.8, 4) is 0 Å². The van der Waals surface area contributed by atoms with Crippen molar-refractivity contribution in [2.24, 2.45) is 0 Å². The number of ketones is 1. The number of rotatable bonds is 2. The number of nitrogens with one attached hydrogen (secondary N) is 1. The van der Waals surface area contributed by atoms with Crippen LogP contribution < -0.4 is 5.32 Å². The lowest BCUT2D eigenvalue weighted by Gasteiger charge is -2.08. The van der Waals surface area contributed by atoms with Crippen LogP contribution in [0.1, 0.15) is 23.0 Å². The summed E-state index contributed by atoms with van der Waals surface area (Å²) in [5.41, 5.74) is 3.39. The summed E-state index contributed by atoms with van der Waals surface area (Å²) in [6.07, 6.45) is 0.870. The Morgan fingerprint density at radius 3 is 2.95 bits per heavy atom. The van der Waals surface area contributed by atoms with Gasteiger partial charge in [-0.25, -0.2) is 4.79 Å². The minimum Gasteiger partial charge on any atom is -0.464 e. The van der Waals surface area contributed by atoms with Gasteiger partial charge in [0.2, 0.25) is 0 Å². The van der Waals surface area contributed by atoms with Gasteiger partial charge >= 0.3 is 5.97 Å². The Morgan fingerprint density at radius 1 is 1.45 bits per heavy atom. The fourth-order valence-corrected chi connectivity index (χ4v) is 2.75. The zero-order valence-electron chi connectivity index (χ0n) is 11.5. The first-order chi connectivity index (χ1) is 9.65. The van der Waals surface area contributed by atoms with E-state index in [9.17, 15) is 9.59 Å². The third-order valence-corrected chi connectivity index (χ3v) is 3.74. The molecular formula is C15H16N2O3. The first kappa shape index (κ1) is 12.7. The van der Waals surface area contributed by atoms with Crippen molar-refractivity contribution in [2.75, 3.05) is 19.0 Å². The van der Waals surface area contributed by atoms with Crippen LogP contribution in [0.5, 0.6) is 0 Å². The van der Waals surface area contributed by atoms with E-state index in [0.29, 0.717) is 5.69 Å². The number of hydrogen-bond acceptors (Lipinski definition) is 4. The van der Waals surface area contributed by atoms with Gasteiger partial charge in [-0.3, -0.25) is 4.79 Å². The lowest BCUT2D eigenvalue weighted by atomic mass is 10.1. The summed E-state index contributed by atoms with van der Waals surface area (Å²) in [4.78, 5) is 23.8. The summed E-state index contributed by atoms with van der Waals surface area (Å²) in [5, 5.41) is 4.15. The number of aryl methyl sites for hydroxylation is 1. The molecule has 5 heteroatoms. The van der Waals surface area contributed by atoms with Crippen molar-refractivity contribution < 1.29 is 14.3 Å². The van der Waals surface area contributed by atoms with Crippen LogP contribution in [-0.2, 0) is 22.5 Å². The molecule has 0 spiro atoms. The average molecular weight is 272 g/mol. The molecule has 1 aromatic heterocycles. The molecule has 0 fully saturated rings. The van der Waals surface area contributed by atoms with Crippen LogP contribution in [-0.4, -0.2) is 30.0 Å². The molecule has 0 radical (unpaired) electrons. The summed E-state index contributed by atoms with van der Waals surface area (Å²) in [6, 6.07) is 5.83. The van der Waals surface area contributed by atoms with E-state index in [1.165, 1.54) is 7.11 Å². The quantitative estimate of drug-likeness (QED) is 0.849. The number of aromatic nitrogens is 1. The highest BCUT2D eigenvalue weighted by molar-refractivity contribution is 6.04. The fraction of sp³-hybridized carbons (Fsp3) is 0.333. The molecule has 0 atom stereocenters. The summed E-state index contributed by atoms with van der Waals surface area (Å²) < 4.78 is 6.59. The topological polar surface area (TPSA) is 60.3 Å². The fourth-order valence-electron chi connectivity index (χ4n) is 2.75. The van der Waals surface area contributed by atoms with E-state index >= 15 is 0 Å². The maximum atomic E-state index is 11.9. The predicted octanol–water partition coefficient (Wildman–Crippen LogP) is 1.98. The molecule has 5 nitrogen and oxygen atoms in total. The number of methoxy groups -OCH3 is 1. The van der Waals surface area contributed by atoms with Gasteiger partial charge in [0.15, 0.2) is 5.78 Å². The number of carbonyl (C=O) groups excluding carboxylic acids is 2. The van der Waals surface area contributed by atoms with Gasteiger partial charge in [-0.1, -0.05) is 13.0 Å². The van der Waals surface area contributed by atoms with E-state index in [-0.39, 0.29) is 18.9 Å². The van der Waals surface area contributed by atoms with Gasteiger partial charge in [0.1, 0.15) is 5.69 Å². The minimum atomic E-state index is -0.413. The molecule has 0 unspecified atom stereocenters. The molecule has 1 aliphatic heterocycles. The molecule has 0 amide bonds. The molecule has 0 aliphatic carbocycles. The second-order valence-electron chi connectivity index (χ2n) is 4.89. The number of ether oxygens (including phenoxy) is 1. The molecule has 104 valence electrons. The lowest BCUT2D eigenvalue weighted by Crippen LogP contribution is -2.18. The monoisotopic (exact) mass is 272 g/mol. The van der Waals surface area contributed by atoms with Crippen molar-refractivity contribution in [1.29, 1.82) is 0 Å². The second-order valence-corrected chi connectivity index (χ2v) is 4.89. The second kappa shape index (κ2) is 4.67. The largest absolute Gasteiger partial charge is 0.464 e. The van der Waals surface area contributed by atoms with Gasteiger partial charge in [-0.2, -0.15) is 0 Å². The maximum Gasteiger partial charge on any atom is 0.354 e. The van der Waals surface area contributed by atoms with Gasteiger partial charge in [-0.05, 0) is 24.1 Å². The van der Waals surface area contributed by atoms with Crippen molar-refractivity contribution >= 4 is 28.3 Å². The van der Waals surface area contributed by atoms with Crippen LogP contribution >= 0.6 is 0 Å². The number of hydrogen-bond donors (Lipinski definition) is 1. The Hall–Kier alpha value is -2.30. The first-order valence-electron chi connectivity index (χ1n) is 6.64. The van der Waals surface area contributed by atoms with Crippen LogP contribution in [0.15, 0.2) is 18.2 Å². The Balaban J connectivity index is 2.36. The zero-order valence-corrected chi connectivity index (χ0v) is 11.5. The van der Waals surface area contributed by atoms with E-state index in [1.54, 1.807) is 4.57 Å². The number of esters is 1. The van der Waals surface area contributed by atoms with E-state index in [1.807, 2.05) is 18.2 Å². The molecule has 1 aromatic carbocycles. The van der Waals surface area contributed by atoms with E-state index in [4.69, 9.17) is 4.74 Å². The normalized spacial score (nSPS) is 14.0. The SMILES string of the molecule is CCc1ccc2c3c1cc(C(=O)OC)n3CC(=O)CN2. The lowest BCUT2D eigenvalue weighted by molar-refractivity contribution is -0.117. The van der Waals surface area contributed by atoms with Crippen molar-refractivity contribution in [3.63, 3.8) is 0 Å². The number of Topliss-reactive ketones (excluding diaryl/α,β-unsaturated/α-hetero) is 1. The smallest absolute Gasteiger partial charge is 0.354 e. The summed E-state index contributed by atoms with van der Waals surface area (Å²) >= 11 is 0. The Bertz CT molecular complexity index is 715. The highest BCUT2D eigenvalue weighted by Gasteiger charge is 2.23. The van der Waals surface area contributed by atoms with Crippen LogP contribution in [0.25, 0.3) is 10.9 Å². The van der Waals surface area contributed by atoms with Gasteiger partial charge < -0.3 is 14.6 Å². The molecule has 1 aliphatic rings. The molecule has 0 bridgehead atoms. The molecule has 1 N–H and O–H groups in total. The molecule has 2 aromatic rings. The molecule has 0 saturated carbocycles. The Morgan fingerprint density at radius 2 is 2.25 bits per heavy atom. The van der Waals surface area contributed by atoms with Gasteiger partial charge in [0.05, 0.1) is 31.4 Å². The molecule has 2 heterocycles. The number of benzene rings is 1. The summed E-state index contributed by atoms with van der Waals surface area (Å²) in [5.74, 6) is -0.370. The average Bonchev–Trinajstić information content (AvgIpc) is 2.74. The van der Waals surface area contributed by atoms with Gasteiger partial charge in [0, 0.05) is 5.39 Å².